The van der Waals surface area contributed by atoms with Crippen LogP contribution in [-0.4, -0.2) is 0 Å². The van der Waals surface area contributed by atoms with Crippen LogP contribution in [0.1, 0.15) is 23.5 Å². The second-order valence-corrected chi connectivity index (χ2v) is 10.1. The number of allylic oxidation sites excluding steroid dienone is 4. The molecule has 1 aliphatic carbocycles. The smallest absolute Gasteiger partial charge is 0.154 e. The summed E-state index contributed by atoms with van der Waals surface area (Å²) in [5.41, 5.74) is 9.53. The maximum absolute atomic E-state index is 6.77. The predicted molar refractivity (Wildman–Crippen MR) is 159 cm³/mol. The van der Waals surface area contributed by atoms with E-state index in [1.807, 2.05) is 18.2 Å². The molecule has 0 saturated carbocycles. The molecular weight excluding hydrogens is 478 g/mol. The van der Waals surface area contributed by atoms with Gasteiger partial charge in [0.2, 0.25) is 0 Å². The first-order valence-corrected chi connectivity index (χ1v) is 13.4. The zero-order valence-electron chi connectivity index (χ0n) is 21.2. The van der Waals surface area contributed by atoms with Gasteiger partial charge in [0, 0.05) is 44.6 Å². The Morgan fingerprint density at radius 2 is 1.38 bits per heavy atom. The van der Waals surface area contributed by atoms with E-state index in [1.54, 1.807) is 0 Å². The number of nitrogens with one attached hydrogen (secondary N) is 1. The zero-order valence-corrected chi connectivity index (χ0v) is 21.2. The predicted octanol–water partition coefficient (Wildman–Crippen LogP) is 9.84. The Kier molecular flexibility index (Phi) is 4.95. The fourth-order valence-corrected chi connectivity index (χ4v) is 6.03. The number of fused-ring (bicyclic) bond motifs is 6. The summed E-state index contributed by atoms with van der Waals surface area (Å²) >= 11 is 0. The van der Waals surface area contributed by atoms with E-state index in [9.17, 15) is 0 Å². The third-order valence-corrected chi connectivity index (χ3v) is 7.85. The van der Waals surface area contributed by atoms with Crippen LogP contribution in [0, 0.1) is 0 Å². The number of benzene rings is 5. The zero-order chi connectivity index (χ0) is 25.8. The van der Waals surface area contributed by atoms with Gasteiger partial charge in [0.15, 0.2) is 5.75 Å². The molecule has 8 rings (SSSR count). The van der Waals surface area contributed by atoms with Gasteiger partial charge in [-0.15, -0.1) is 0 Å². The van der Waals surface area contributed by atoms with Crippen molar-refractivity contribution in [3.8, 4) is 16.9 Å². The molecule has 0 radical (unpaired) electrons. The Labute approximate surface area is 226 Å². The molecule has 2 aliphatic rings. The van der Waals surface area contributed by atoms with Crippen LogP contribution in [0.2, 0.25) is 0 Å². The summed E-state index contributed by atoms with van der Waals surface area (Å²) in [5.74, 6) is 2.06. The molecule has 3 nitrogen and oxygen atoms in total. The number of anilines is 2. The van der Waals surface area contributed by atoms with Gasteiger partial charge in [-0.25, -0.2) is 0 Å². The van der Waals surface area contributed by atoms with E-state index in [1.165, 1.54) is 11.1 Å². The van der Waals surface area contributed by atoms with Gasteiger partial charge in [0.1, 0.15) is 16.9 Å². The fourth-order valence-electron chi connectivity index (χ4n) is 6.03. The SMILES string of the molecule is C1=CC(c2cccc3c2oc2ccccc23)=C2Oc3c(Nc4ccccc4-c4ccccc4)cccc3C2C1. The number of hydrogen-bond donors (Lipinski definition) is 1. The van der Waals surface area contributed by atoms with E-state index in [-0.39, 0.29) is 5.92 Å². The number of ether oxygens (including phenoxy) is 1. The van der Waals surface area contributed by atoms with E-state index in [4.69, 9.17) is 9.15 Å². The van der Waals surface area contributed by atoms with Crippen molar-refractivity contribution in [1.29, 1.82) is 0 Å². The van der Waals surface area contributed by atoms with Crippen molar-refractivity contribution in [2.75, 3.05) is 5.32 Å². The number of hydrogen-bond acceptors (Lipinski definition) is 3. The highest BCUT2D eigenvalue weighted by atomic mass is 16.5. The Morgan fingerprint density at radius 3 is 2.33 bits per heavy atom. The lowest BCUT2D eigenvalue weighted by Gasteiger charge is -2.18. The number of furan rings is 1. The summed E-state index contributed by atoms with van der Waals surface area (Å²) in [6.45, 7) is 0. The molecule has 2 heterocycles. The van der Waals surface area contributed by atoms with Crippen molar-refractivity contribution >= 4 is 38.9 Å². The minimum Gasteiger partial charge on any atom is -0.458 e. The molecular formula is C36H25NO2. The minimum atomic E-state index is 0.172. The molecule has 0 fully saturated rings. The quantitative estimate of drug-likeness (QED) is 0.260. The van der Waals surface area contributed by atoms with E-state index in [0.29, 0.717) is 0 Å². The molecule has 1 unspecified atom stereocenters. The highest BCUT2D eigenvalue weighted by molar-refractivity contribution is 6.09. The third kappa shape index (κ3) is 3.51. The summed E-state index contributed by atoms with van der Waals surface area (Å²) in [7, 11) is 0. The normalized spacial score (nSPS) is 15.8. The summed E-state index contributed by atoms with van der Waals surface area (Å²) in [6.07, 6.45) is 5.36. The molecule has 1 aliphatic heterocycles. The lowest BCUT2D eigenvalue weighted by Crippen LogP contribution is -2.05. The molecule has 5 aromatic carbocycles. The van der Waals surface area contributed by atoms with Crippen molar-refractivity contribution in [1.82, 2.24) is 0 Å². The molecule has 0 amide bonds. The van der Waals surface area contributed by atoms with Crippen molar-refractivity contribution < 1.29 is 9.15 Å². The van der Waals surface area contributed by atoms with E-state index >= 15 is 0 Å². The molecule has 0 spiro atoms. The summed E-state index contributed by atoms with van der Waals surface area (Å²) < 4.78 is 13.2. The standard InChI is InChI=1S/C36H25NO2/c1-2-11-23(12-3-1)24-13-4-6-20-31(24)37-32-21-10-19-30-29-18-9-17-28(35(29)39-36(30)32)27-16-8-15-26-25-14-5-7-22-33(25)38-34(26)27/h1-17,19-22,29,37H,18H2. The van der Waals surface area contributed by atoms with Crippen LogP contribution in [0.5, 0.6) is 5.75 Å². The molecule has 6 aromatic rings. The largest absolute Gasteiger partial charge is 0.458 e. The van der Waals surface area contributed by atoms with Crippen LogP contribution in [0.15, 0.2) is 138 Å². The van der Waals surface area contributed by atoms with Crippen LogP contribution < -0.4 is 10.1 Å². The number of para-hydroxylation sites is 4. The van der Waals surface area contributed by atoms with Gasteiger partial charge in [-0.2, -0.15) is 0 Å². The molecule has 186 valence electrons. The van der Waals surface area contributed by atoms with Gasteiger partial charge in [-0.1, -0.05) is 109 Å². The maximum Gasteiger partial charge on any atom is 0.154 e. The highest BCUT2D eigenvalue weighted by Crippen LogP contribution is 2.52. The van der Waals surface area contributed by atoms with E-state index < -0.39 is 0 Å². The lowest BCUT2D eigenvalue weighted by molar-refractivity contribution is 0.430. The molecule has 1 atom stereocenters. The minimum absolute atomic E-state index is 0.172. The Balaban J connectivity index is 1.23. The number of rotatable bonds is 4. The van der Waals surface area contributed by atoms with Crippen LogP contribution in [-0.2, 0) is 0 Å². The molecule has 39 heavy (non-hydrogen) atoms. The van der Waals surface area contributed by atoms with Gasteiger partial charge in [-0.3, -0.25) is 0 Å². The monoisotopic (exact) mass is 503 g/mol. The van der Waals surface area contributed by atoms with Crippen molar-refractivity contribution in [3.63, 3.8) is 0 Å². The van der Waals surface area contributed by atoms with Crippen molar-refractivity contribution in [2.24, 2.45) is 0 Å². The third-order valence-electron chi connectivity index (χ3n) is 7.85. The molecule has 1 aromatic heterocycles. The lowest BCUT2D eigenvalue weighted by atomic mass is 9.86. The highest BCUT2D eigenvalue weighted by Gasteiger charge is 2.35. The second-order valence-electron chi connectivity index (χ2n) is 10.1. The van der Waals surface area contributed by atoms with Gasteiger partial charge in [0.25, 0.3) is 0 Å². The average Bonchev–Trinajstić information content (AvgIpc) is 3.57. The fraction of sp³-hybridized carbons (Fsp3) is 0.0556. The second kappa shape index (κ2) is 8.78. The first-order chi connectivity index (χ1) is 19.3. The van der Waals surface area contributed by atoms with Gasteiger partial charge in [-0.05, 0) is 30.2 Å². The Bertz CT molecular complexity index is 1940. The first-order valence-electron chi connectivity index (χ1n) is 13.4. The topological polar surface area (TPSA) is 34.4 Å². The van der Waals surface area contributed by atoms with Crippen LogP contribution in [0.25, 0.3) is 38.6 Å². The molecule has 0 saturated heterocycles. The molecule has 3 heteroatoms. The first kappa shape index (κ1) is 22.0. The Morgan fingerprint density at radius 1 is 0.641 bits per heavy atom. The average molecular weight is 504 g/mol. The van der Waals surface area contributed by atoms with Crippen LogP contribution in [0.4, 0.5) is 11.4 Å². The molecule has 1 N–H and O–H groups in total. The maximum atomic E-state index is 6.77. The Hall–Kier alpha value is -5.02. The van der Waals surface area contributed by atoms with E-state index in [2.05, 4.69) is 115 Å². The summed E-state index contributed by atoms with van der Waals surface area (Å²) in [6, 6.07) is 39.9. The van der Waals surface area contributed by atoms with E-state index in [0.717, 1.165) is 67.9 Å². The summed E-state index contributed by atoms with van der Waals surface area (Å²) in [5, 5.41) is 5.96. The molecule has 0 bridgehead atoms. The van der Waals surface area contributed by atoms with Crippen LogP contribution in [0.3, 0.4) is 0 Å². The van der Waals surface area contributed by atoms with Crippen LogP contribution >= 0.6 is 0 Å². The summed E-state index contributed by atoms with van der Waals surface area (Å²) in [4.78, 5) is 0. The van der Waals surface area contributed by atoms with Crippen molar-refractivity contribution in [3.05, 3.63) is 144 Å². The van der Waals surface area contributed by atoms with Crippen molar-refractivity contribution in [2.45, 2.75) is 12.3 Å². The van der Waals surface area contributed by atoms with Gasteiger partial charge < -0.3 is 14.5 Å². The van der Waals surface area contributed by atoms with Gasteiger partial charge in [0.05, 0.1) is 5.69 Å². The van der Waals surface area contributed by atoms with Gasteiger partial charge >= 0.3 is 0 Å².